The van der Waals surface area contributed by atoms with Gasteiger partial charge in [0, 0.05) is 12.2 Å². The van der Waals surface area contributed by atoms with Crippen LogP contribution in [-0.2, 0) is 4.74 Å². The van der Waals surface area contributed by atoms with Crippen molar-refractivity contribution in [3.8, 4) is 0 Å². The number of rotatable bonds is 3. The third-order valence-corrected chi connectivity index (χ3v) is 4.74. The molecule has 2 unspecified atom stereocenters. The third-order valence-electron chi connectivity index (χ3n) is 4.43. The first-order chi connectivity index (χ1) is 8.74. The van der Waals surface area contributed by atoms with Gasteiger partial charge in [0.05, 0.1) is 17.9 Å². The largest absolute Gasteiger partial charge is 0.453 e. The summed E-state index contributed by atoms with van der Waals surface area (Å²) < 4.78 is 11.1. The summed E-state index contributed by atoms with van der Waals surface area (Å²) in [6, 6.07) is 1.95. The van der Waals surface area contributed by atoms with Gasteiger partial charge in [-0.25, -0.2) is 0 Å². The van der Waals surface area contributed by atoms with E-state index in [4.69, 9.17) is 26.6 Å². The van der Waals surface area contributed by atoms with Crippen LogP contribution in [0.3, 0.4) is 0 Å². The Morgan fingerprint density at radius 3 is 2.89 bits per heavy atom. The number of ether oxygens (including phenoxy) is 1. The number of hydrogen-bond acceptors (Lipinski definition) is 4. The number of hydrazine groups is 1. The van der Waals surface area contributed by atoms with Gasteiger partial charge in [-0.05, 0) is 55.7 Å². The topological polar surface area (TPSA) is 60.4 Å². The zero-order valence-electron chi connectivity index (χ0n) is 10.3. The van der Waals surface area contributed by atoms with E-state index in [0.29, 0.717) is 11.1 Å². The number of hydrogen-bond donors (Lipinski definition) is 2. The third kappa shape index (κ3) is 2.07. The molecule has 0 aromatic carbocycles. The van der Waals surface area contributed by atoms with E-state index < -0.39 is 0 Å². The molecule has 2 aliphatic rings. The van der Waals surface area contributed by atoms with E-state index in [1.165, 1.54) is 19.3 Å². The average Bonchev–Trinajstić information content (AvgIpc) is 2.75. The summed E-state index contributed by atoms with van der Waals surface area (Å²) >= 11 is 6.06. The summed E-state index contributed by atoms with van der Waals surface area (Å²) in [6.07, 6.45) is 7.32. The lowest BCUT2D eigenvalue weighted by atomic mass is 9.70. The maximum atomic E-state index is 6.06. The molecule has 1 spiro atoms. The van der Waals surface area contributed by atoms with Crippen LogP contribution >= 0.6 is 11.6 Å². The first-order valence-corrected chi connectivity index (χ1v) is 6.95. The summed E-state index contributed by atoms with van der Waals surface area (Å²) in [7, 11) is 0. The summed E-state index contributed by atoms with van der Waals surface area (Å²) in [6.45, 7) is 0.818. The predicted molar refractivity (Wildman–Crippen MR) is 69.0 cm³/mol. The first kappa shape index (κ1) is 12.5. The maximum absolute atomic E-state index is 6.06. The van der Waals surface area contributed by atoms with Gasteiger partial charge in [-0.2, -0.15) is 0 Å². The average molecular weight is 271 g/mol. The van der Waals surface area contributed by atoms with Gasteiger partial charge in [-0.15, -0.1) is 0 Å². The highest BCUT2D eigenvalue weighted by atomic mass is 35.5. The minimum absolute atomic E-state index is 0.0534. The molecule has 18 heavy (non-hydrogen) atoms. The molecule has 3 rings (SSSR count). The predicted octanol–water partition coefficient (Wildman–Crippen LogP) is 2.79. The number of halogens is 1. The molecule has 3 N–H and O–H groups in total. The van der Waals surface area contributed by atoms with E-state index in [1.54, 1.807) is 6.26 Å². The molecule has 5 heteroatoms. The second kappa shape index (κ2) is 4.85. The Hall–Kier alpha value is -0.550. The zero-order valence-corrected chi connectivity index (χ0v) is 11.1. The number of nitrogens with one attached hydrogen (secondary N) is 1. The molecular formula is C13H19ClN2O2. The highest BCUT2D eigenvalue weighted by Gasteiger charge is 2.44. The van der Waals surface area contributed by atoms with Gasteiger partial charge in [-0.1, -0.05) is 0 Å². The first-order valence-electron chi connectivity index (χ1n) is 6.57. The molecule has 1 aromatic heterocycles. The Bertz CT molecular complexity index is 417. The Morgan fingerprint density at radius 2 is 2.33 bits per heavy atom. The molecule has 1 saturated carbocycles. The van der Waals surface area contributed by atoms with Crippen molar-refractivity contribution in [1.82, 2.24) is 5.43 Å². The van der Waals surface area contributed by atoms with Crippen LogP contribution in [0.4, 0.5) is 0 Å². The standard InChI is InChI=1S/C13H19ClN2O2/c14-12-10(3-6-17-12)11(16-15)9-2-7-18-13(8-9)4-1-5-13/h3,6,9,11,16H,1-2,4-5,7-8,15H2. The number of nitrogens with two attached hydrogens (primary N) is 1. The molecule has 2 atom stereocenters. The van der Waals surface area contributed by atoms with E-state index in [-0.39, 0.29) is 11.6 Å². The van der Waals surface area contributed by atoms with Crippen LogP contribution in [0.5, 0.6) is 0 Å². The fourth-order valence-corrected chi connectivity index (χ4v) is 3.51. The lowest BCUT2D eigenvalue weighted by molar-refractivity contribution is -0.147. The highest BCUT2D eigenvalue weighted by Crippen LogP contribution is 2.47. The van der Waals surface area contributed by atoms with Gasteiger partial charge in [-0.3, -0.25) is 11.3 Å². The molecule has 1 aliphatic heterocycles. The molecule has 0 amide bonds. The Morgan fingerprint density at radius 1 is 1.50 bits per heavy atom. The molecular weight excluding hydrogens is 252 g/mol. The Balaban J connectivity index is 1.77. The van der Waals surface area contributed by atoms with Crippen molar-refractivity contribution in [3.05, 3.63) is 23.1 Å². The zero-order chi connectivity index (χ0) is 12.6. The normalized spacial score (nSPS) is 28.0. The SMILES string of the molecule is NNC(c1ccoc1Cl)C1CCOC2(CCC2)C1. The number of furan rings is 1. The monoisotopic (exact) mass is 270 g/mol. The van der Waals surface area contributed by atoms with Crippen molar-refractivity contribution in [2.45, 2.75) is 43.7 Å². The summed E-state index contributed by atoms with van der Waals surface area (Å²) in [5, 5.41) is 0.437. The van der Waals surface area contributed by atoms with Crippen LogP contribution in [0.2, 0.25) is 5.22 Å². The van der Waals surface area contributed by atoms with Crippen LogP contribution < -0.4 is 11.3 Å². The molecule has 2 fully saturated rings. The van der Waals surface area contributed by atoms with Crippen LogP contribution in [0.15, 0.2) is 16.7 Å². The lowest BCUT2D eigenvalue weighted by Crippen LogP contribution is -2.48. The van der Waals surface area contributed by atoms with Gasteiger partial charge < -0.3 is 9.15 Å². The van der Waals surface area contributed by atoms with Gasteiger partial charge in [0.2, 0.25) is 0 Å². The van der Waals surface area contributed by atoms with Gasteiger partial charge in [0.15, 0.2) is 5.22 Å². The smallest absolute Gasteiger partial charge is 0.197 e. The fourth-order valence-electron chi connectivity index (χ4n) is 3.28. The Kier molecular flexibility index (Phi) is 3.36. The summed E-state index contributed by atoms with van der Waals surface area (Å²) in [5.41, 5.74) is 3.98. The van der Waals surface area contributed by atoms with Gasteiger partial charge in [0.25, 0.3) is 0 Å². The minimum atomic E-state index is 0.0534. The van der Waals surface area contributed by atoms with E-state index in [9.17, 15) is 0 Å². The molecule has 1 saturated heterocycles. The second-order valence-corrected chi connectivity index (χ2v) is 5.78. The van der Waals surface area contributed by atoms with Crippen molar-refractivity contribution in [3.63, 3.8) is 0 Å². The van der Waals surface area contributed by atoms with E-state index in [0.717, 1.165) is 25.0 Å². The van der Waals surface area contributed by atoms with Crippen molar-refractivity contribution in [1.29, 1.82) is 0 Å². The molecule has 2 heterocycles. The van der Waals surface area contributed by atoms with Crippen LogP contribution in [0, 0.1) is 5.92 Å². The quantitative estimate of drug-likeness (QED) is 0.655. The van der Waals surface area contributed by atoms with Crippen molar-refractivity contribution >= 4 is 11.6 Å². The maximum Gasteiger partial charge on any atom is 0.197 e. The van der Waals surface area contributed by atoms with E-state index in [1.807, 2.05) is 6.07 Å². The molecule has 1 aromatic rings. The van der Waals surface area contributed by atoms with E-state index in [2.05, 4.69) is 5.43 Å². The Labute approximate surface area is 112 Å². The van der Waals surface area contributed by atoms with Crippen LogP contribution in [0.25, 0.3) is 0 Å². The van der Waals surface area contributed by atoms with Gasteiger partial charge >= 0.3 is 0 Å². The van der Waals surface area contributed by atoms with Crippen LogP contribution in [-0.4, -0.2) is 12.2 Å². The summed E-state index contributed by atoms with van der Waals surface area (Å²) in [5.74, 6) is 6.18. The summed E-state index contributed by atoms with van der Waals surface area (Å²) in [4.78, 5) is 0. The minimum Gasteiger partial charge on any atom is -0.453 e. The molecule has 0 bridgehead atoms. The van der Waals surface area contributed by atoms with Crippen LogP contribution in [0.1, 0.15) is 43.7 Å². The highest BCUT2D eigenvalue weighted by molar-refractivity contribution is 6.29. The molecule has 0 radical (unpaired) electrons. The molecule has 1 aliphatic carbocycles. The van der Waals surface area contributed by atoms with E-state index >= 15 is 0 Å². The molecule has 4 nitrogen and oxygen atoms in total. The molecule has 100 valence electrons. The second-order valence-electron chi connectivity index (χ2n) is 5.43. The lowest BCUT2D eigenvalue weighted by Gasteiger charge is -2.48. The fraction of sp³-hybridized carbons (Fsp3) is 0.692. The van der Waals surface area contributed by atoms with Crippen molar-refractivity contribution in [2.75, 3.05) is 6.61 Å². The van der Waals surface area contributed by atoms with Crippen molar-refractivity contribution < 1.29 is 9.15 Å². The van der Waals surface area contributed by atoms with Crippen molar-refractivity contribution in [2.24, 2.45) is 11.8 Å². The van der Waals surface area contributed by atoms with Gasteiger partial charge in [0.1, 0.15) is 0 Å².